The van der Waals surface area contributed by atoms with E-state index in [1.54, 1.807) is 19.2 Å². The van der Waals surface area contributed by atoms with Crippen molar-refractivity contribution in [3.05, 3.63) is 63.6 Å². The van der Waals surface area contributed by atoms with E-state index in [-0.39, 0.29) is 5.91 Å². The lowest BCUT2D eigenvalue weighted by molar-refractivity contribution is 0.0947. The Morgan fingerprint density at radius 2 is 2.14 bits per heavy atom. The molecule has 1 N–H and O–H groups in total. The van der Waals surface area contributed by atoms with Gasteiger partial charge >= 0.3 is 0 Å². The number of amides is 1. The molecule has 108 valence electrons. The van der Waals surface area contributed by atoms with E-state index in [0.717, 1.165) is 10.9 Å². The van der Waals surface area contributed by atoms with Crippen molar-refractivity contribution in [2.45, 2.75) is 12.3 Å². The van der Waals surface area contributed by atoms with E-state index >= 15 is 0 Å². The molecule has 0 saturated heterocycles. The third-order valence-electron chi connectivity index (χ3n) is 3.88. The monoisotopic (exact) mass is 345 g/mol. The Hall–Kier alpha value is -1.81. The van der Waals surface area contributed by atoms with Gasteiger partial charge in [0.05, 0.1) is 12.7 Å². The molecule has 1 aliphatic rings. The second kappa shape index (κ2) is 5.90. The van der Waals surface area contributed by atoms with Crippen LogP contribution in [-0.2, 0) is 6.42 Å². The zero-order valence-electron chi connectivity index (χ0n) is 11.7. The number of rotatable bonds is 4. The molecule has 0 aromatic heterocycles. The van der Waals surface area contributed by atoms with Crippen molar-refractivity contribution in [1.82, 2.24) is 5.32 Å². The maximum Gasteiger partial charge on any atom is 0.255 e. The van der Waals surface area contributed by atoms with Crippen LogP contribution in [0.3, 0.4) is 0 Å². The molecule has 1 aliphatic carbocycles. The topological polar surface area (TPSA) is 38.3 Å². The fraction of sp³-hybridized carbons (Fsp3) is 0.235. The number of methoxy groups -OCH3 is 1. The quantitative estimate of drug-likeness (QED) is 0.920. The Balaban J connectivity index is 1.66. The van der Waals surface area contributed by atoms with Gasteiger partial charge in [0.2, 0.25) is 0 Å². The summed E-state index contributed by atoms with van der Waals surface area (Å²) < 4.78 is 6.15. The van der Waals surface area contributed by atoms with Crippen molar-refractivity contribution < 1.29 is 9.53 Å². The van der Waals surface area contributed by atoms with Crippen LogP contribution in [0.5, 0.6) is 5.75 Å². The van der Waals surface area contributed by atoms with Crippen molar-refractivity contribution in [3.63, 3.8) is 0 Å². The Kier molecular flexibility index (Phi) is 3.97. The van der Waals surface area contributed by atoms with E-state index in [0.29, 0.717) is 23.8 Å². The lowest BCUT2D eigenvalue weighted by Crippen LogP contribution is -2.33. The number of carbonyl (C=O) groups is 1. The van der Waals surface area contributed by atoms with Crippen LogP contribution in [-0.4, -0.2) is 19.6 Å². The summed E-state index contributed by atoms with van der Waals surface area (Å²) in [6.45, 7) is 0.662. The van der Waals surface area contributed by atoms with E-state index in [4.69, 9.17) is 4.74 Å². The van der Waals surface area contributed by atoms with E-state index in [1.165, 1.54) is 11.1 Å². The Morgan fingerprint density at radius 1 is 1.33 bits per heavy atom. The second-order valence-electron chi connectivity index (χ2n) is 5.15. The minimum absolute atomic E-state index is 0.0938. The van der Waals surface area contributed by atoms with E-state index in [2.05, 4.69) is 39.4 Å². The molecular weight excluding hydrogens is 330 g/mol. The molecule has 0 spiro atoms. The maximum absolute atomic E-state index is 12.3. The van der Waals surface area contributed by atoms with Gasteiger partial charge in [-0.3, -0.25) is 4.79 Å². The van der Waals surface area contributed by atoms with Crippen molar-refractivity contribution in [2.75, 3.05) is 13.7 Å². The summed E-state index contributed by atoms with van der Waals surface area (Å²) in [5.74, 6) is 0.909. The van der Waals surface area contributed by atoms with Crippen LogP contribution >= 0.6 is 15.9 Å². The molecule has 1 amide bonds. The minimum atomic E-state index is -0.0938. The van der Waals surface area contributed by atoms with Crippen LogP contribution < -0.4 is 10.1 Å². The van der Waals surface area contributed by atoms with Gasteiger partial charge in [0, 0.05) is 16.9 Å². The van der Waals surface area contributed by atoms with Gasteiger partial charge in [0.1, 0.15) is 5.75 Å². The molecule has 2 aromatic rings. The summed E-state index contributed by atoms with van der Waals surface area (Å²) >= 11 is 3.38. The minimum Gasteiger partial charge on any atom is -0.496 e. The van der Waals surface area contributed by atoms with Gasteiger partial charge in [-0.2, -0.15) is 0 Å². The fourth-order valence-corrected chi connectivity index (χ4v) is 3.05. The summed E-state index contributed by atoms with van der Waals surface area (Å²) in [6.07, 6.45) is 1.04. The highest BCUT2D eigenvalue weighted by Crippen LogP contribution is 2.34. The van der Waals surface area contributed by atoms with Gasteiger partial charge in [-0.15, -0.1) is 0 Å². The second-order valence-corrected chi connectivity index (χ2v) is 6.07. The highest BCUT2D eigenvalue weighted by Gasteiger charge is 2.26. The SMILES string of the molecule is COc1cc(Br)ccc1C(=O)NCC1Cc2ccccc21. The summed E-state index contributed by atoms with van der Waals surface area (Å²) in [4.78, 5) is 12.3. The van der Waals surface area contributed by atoms with Crippen molar-refractivity contribution in [2.24, 2.45) is 0 Å². The third-order valence-corrected chi connectivity index (χ3v) is 4.37. The first-order valence-corrected chi connectivity index (χ1v) is 7.68. The zero-order chi connectivity index (χ0) is 14.8. The number of fused-ring (bicyclic) bond motifs is 1. The van der Waals surface area contributed by atoms with E-state index in [9.17, 15) is 4.79 Å². The number of nitrogens with one attached hydrogen (secondary N) is 1. The lowest BCUT2D eigenvalue weighted by atomic mass is 9.77. The standard InChI is InChI=1S/C17H16BrNO2/c1-21-16-9-13(18)6-7-15(16)17(20)19-10-12-8-11-4-2-3-5-14(11)12/h2-7,9,12H,8,10H2,1H3,(H,19,20). The van der Waals surface area contributed by atoms with Gasteiger partial charge in [0.25, 0.3) is 5.91 Å². The largest absolute Gasteiger partial charge is 0.496 e. The molecule has 0 radical (unpaired) electrons. The molecule has 0 fully saturated rings. The van der Waals surface area contributed by atoms with Crippen molar-refractivity contribution >= 4 is 21.8 Å². The average molecular weight is 346 g/mol. The highest BCUT2D eigenvalue weighted by atomic mass is 79.9. The number of hydrogen-bond acceptors (Lipinski definition) is 2. The summed E-state index contributed by atoms with van der Waals surface area (Å²) in [5.41, 5.74) is 3.30. The maximum atomic E-state index is 12.3. The molecule has 2 aromatic carbocycles. The van der Waals surface area contributed by atoms with E-state index in [1.807, 2.05) is 12.1 Å². The number of carbonyl (C=O) groups excluding carboxylic acids is 1. The van der Waals surface area contributed by atoms with Gasteiger partial charge in [-0.05, 0) is 35.7 Å². The van der Waals surface area contributed by atoms with Crippen molar-refractivity contribution in [1.29, 1.82) is 0 Å². The average Bonchev–Trinajstić information content (AvgIpc) is 2.47. The first-order chi connectivity index (χ1) is 10.2. The van der Waals surface area contributed by atoms with Gasteiger partial charge in [-0.1, -0.05) is 40.2 Å². The normalized spacial score (nSPS) is 15.8. The molecule has 21 heavy (non-hydrogen) atoms. The van der Waals surface area contributed by atoms with Crippen LogP contribution in [0.1, 0.15) is 27.4 Å². The van der Waals surface area contributed by atoms with Crippen LogP contribution in [0.25, 0.3) is 0 Å². The van der Waals surface area contributed by atoms with Crippen LogP contribution in [0.2, 0.25) is 0 Å². The third kappa shape index (κ3) is 2.81. The van der Waals surface area contributed by atoms with Crippen LogP contribution in [0.4, 0.5) is 0 Å². The zero-order valence-corrected chi connectivity index (χ0v) is 13.3. The lowest BCUT2D eigenvalue weighted by Gasteiger charge is -2.30. The number of hydrogen-bond donors (Lipinski definition) is 1. The molecule has 3 nitrogen and oxygen atoms in total. The molecule has 0 bridgehead atoms. The molecule has 1 unspecified atom stereocenters. The summed E-state index contributed by atoms with van der Waals surface area (Å²) in [7, 11) is 1.57. The van der Waals surface area contributed by atoms with Gasteiger partial charge < -0.3 is 10.1 Å². The predicted molar refractivity (Wildman–Crippen MR) is 85.9 cm³/mol. The van der Waals surface area contributed by atoms with Crippen molar-refractivity contribution in [3.8, 4) is 5.75 Å². The predicted octanol–water partition coefficient (Wildman–Crippen LogP) is 3.53. The Bertz CT molecular complexity index is 684. The molecule has 0 heterocycles. The van der Waals surface area contributed by atoms with E-state index < -0.39 is 0 Å². The molecule has 0 aliphatic heterocycles. The van der Waals surface area contributed by atoms with Crippen LogP contribution in [0.15, 0.2) is 46.9 Å². The first-order valence-electron chi connectivity index (χ1n) is 6.88. The molecule has 3 rings (SSSR count). The summed E-state index contributed by atoms with van der Waals surface area (Å²) in [5, 5.41) is 3.00. The molecule has 0 saturated carbocycles. The highest BCUT2D eigenvalue weighted by molar-refractivity contribution is 9.10. The van der Waals surface area contributed by atoms with Gasteiger partial charge in [0.15, 0.2) is 0 Å². The Morgan fingerprint density at radius 3 is 2.90 bits per heavy atom. The number of halogens is 1. The van der Waals surface area contributed by atoms with Gasteiger partial charge in [-0.25, -0.2) is 0 Å². The Labute approximate surface area is 132 Å². The number of ether oxygens (including phenoxy) is 1. The summed E-state index contributed by atoms with van der Waals surface area (Å²) in [6, 6.07) is 13.8. The molecule has 4 heteroatoms. The smallest absolute Gasteiger partial charge is 0.255 e. The first kappa shape index (κ1) is 14.1. The number of benzene rings is 2. The fourth-order valence-electron chi connectivity index (χ4n) is 2.71. The molecule has 1 atom stereocenters. The van der Waals surface area contributed by atoms with Crippen LogP contribution in [0, 0.1) is 0 Å². The molecular formula is C17H16BrNO2.